The lowest BCUT2D eigenvalue weighted by molar-refractivity contribution is 0.360. The Hall–Kier alpha value is -0.650. The molecule has 1 fully saturated rings. The largest absolute Gasteiger partial charge is 0.246 e. The van der Waals surface area contributed by atoms with Crippen molar-refractivity contribution in [3.63, 3.8) is 0 Å². The van der Waals surface area contributed by atoms with Gasteiger partial charge >= 0.3 is 0 Å². The first-order valence-corrected chi connectivity index (χ1v) is 7.87. The monoisotopic (exact) mass is 288 g/mol. The molecule has 0 radical (unpaired) electrons. The Bertz CT molecular complexity index is 527. The van der Waals surface area contributed by atoms with E-state index < -0.39 is 10.0 Å². The van der Waals surface area contributed by atoms with Gasteiger partial charge in [-0.2, -0.15) is 4.31 Å². The molecular weight excluding hydrogens is 272 g/mol. The van der Waals surface area contributed by atoms with E-state index in [1.54, 1.807) is 10.4 Å². The molecule has 0 bridgehead atoms. The van der Waals surface area contributed by atoms with Gasteiger partial charge in [0.05, 0.1) is 0 Å². The Morgan fingerprint density at radius 1 is 1.50 bits per heavy atom. The van der Waals surface area contributed by atoms with E-state index in [0.717, 1.165) is 12.8 Å². The topological polar surface area (TPSA) is 50.3 Å². The van der Waals surface area contributed by atoms with Gasteiger partial charge in [0.15, 0.2) is 0 Å². The van der Waals surface area contributed by atoms with Crippen LogP contribution in [0.15, 0.2) is 23.2 Å². The van der Waals surface area contributed by atoms with Crippen LogP contribution >= 0.6 is 11.6 Å². The molecule has 1 aromatic heterocycles. The summed E-state index contributed by atoms with van der Waals surface area (Å²) in [4.78, 5) is 3.96. The summed E-state index contributed by atoms with van der Waals surface area (Å²) < 4.78 is 26.7. The maximum atomic E-state index is 12.6. The van der Waals surface area contributed by atoms with Crippen molar-refractivity contribution < 1.29 is 8.42 Å². The molecular formula is C12H17ClN2O2S. The van der Waals surface area contributed by atoms with Crippen LogP contribution in [-0.2, 0) is 10.0 Å². The van der Waals surface area contributed by atoms with E-state index in [1.807, 2.05) is 13.8 Å². The zero-order chi connectivity index (χ0) is 13.3. The van der Waals surface area contributed by atoms with E-state index in [2.05, 4.69) is 4.98 Å². The lowest BCUT2D eigenvalue weighted by atomic mass is 10.2. The average Bonchev–Trinajstić information content (AvgIpc) is 3.09. The highest BCUT2D eigenvalue weighted by Crippen LogP contribution is 2.34. The molecule has 0 amide bonds. The number of halogens is 1. The quantitative estimate of drug-likeness (QED) is 0.783. The van der Waals surface area contributed by atoms with Crippen molar-refractivity contribution in [1.29, 1.82) is 0 Å². The normalized spacial score (nSPS) is 16.5. The van der Waals surface area contributed by atoms with Crippen molar-refractivity contribution in [1.82, 2.24) is 9.29 Å². The molecule has 1 heterocycles. The predicted molar refractivity (Wildman–Crippen MR) is 71.0 cm³/mol. The summed E-state index contributed by atoms with van der Waals surface area (Å²) in [7, 11) is -3.52. The second kappa shape index (κ2) is 5.15. The molecule has 6 heteroatoms. The molecule has 1 aromatic rings. The predicted octanol–water partition coefficient (Wildman–Crippen LogP) is 2.54. The highest BCUT2D eigenvalue weighted by atomic mass is 35.5. The third-order valence-electron chi connectivity index (χ3n) is 2.81. The fourth-order valence-corrected chi connectivity index (χ4v) is 4.13. The third kappa shape index (κ3) is 2.84. The van der Waals surface area contributed by atoms with Gasteiger partial charge < -0.3 is 0 Å². The molecule has 4 nitrogen and oxygen atoms in total. The van der Waals surface area contributed by atoms with E-state index in [0.29, 0.717) is 6.54 Å². The molecule has 1 aliphatic carbocycles. The summed E-state index contributed by atoms with van der Waals surface area (Å²) in [5.74, 6) is 0.288. The summed E-state index contributed by atoms with van der Waals surface area (Å²) in [5, 5.41) is 0.0481. The van der Waals surface area contributed by atoms with Crippen LogP contribution in [-0.4, -0.2) is 30.3 Å². The number of pyridine rings is 1. The van der Waals surface area contributed by atoms with Gasteiger partial charge in [0, 0.05) is 18.8 Å². The Kier molecular flexibility index (Phi) is 3.94. The van der Waals surface area contributed by atoms with Crippen LogP contribution in [0.2, 0.25) is 5.15 Å². The van der Waals surface area contributed by atoms with Gasteiger partial charge in [-0.05, 0) is 30.9 Å². The molecule has 18 heavy (non-hydrogen) atoms. The van der Waals surface area contributed by atoms with Crippen molar-refractivity contribution in [2.75, 3.05) is 6.54 Å². The Morgan fingerprint density at radius 2 is 2.17 bits per heavy atom. The van der Waals surface area contributed by atoms with Gasteiger partial charge in [0.1, 0.15) is 10.0 Å². The minimum atomic E-state index is -3.52. The SMILES string of the molecule is CC(C)CN(C1CC1)S(=O)(=O)c1cccnc1Cl. The van der Waals surface area contributed by atoms with Crippen LogP contribution in [0.5, 0.6) is 0 Å². The molecule has 100 valence electrons. The Labute approximate surface area is 113 Å². The first kappa shape index (κ1) is 13.8. The lowest BCUT2D eigenvalue weighted by Crippen LogP contribution is -2.36. The van der Waals surface area contributed by atoms with Gasteiger partial charge in [-0.25, -0.2) is 13.4 Å². The van der Waals surface area contributed by atoms with Crippen LogP contribution < -0.4 is 0 Å². The Balaban J connectivity index is 2.36. The standard InChI is InChI=1S/C12H17ClN2O2S/c1-9(2)8-15(10-5-6-10)18(16,17)11-4-3-7-14-12(11)13/h3-4,7,9-10H,5-6,8H2,1-2H3. The van der Waals surface area contributed by atoms with Crippen LogP contribution in [0.4, 0.5) is 0 Å². The number of aromatic nitrogens is 1. The van der Waals surface area contributed by atoms with E-state index in [-0.39, 0.29) is 22.0 Å². The van der Waals surface area contributed by atoms with Crippen LogP contribution in [0.3, 0.4) is 0 Å². The highest BCUT2D eigenvalue weighted by Gasteiger charge is 2.39. The summed E-state index contributed by atoms with van der Waals surface area (Å²) in [6.07, 6.45) is 3.36. The van der Waals surface area contributed by atoms with Crippen molar-refractivity contribution in [3.05, 3.63) is 23.5 Å². The molecule has 0 spiro atoms. The van der Waals surface area contributed by atoms with E-state index in [9.17, 15) is 8.42 Å². The second-order valence-corrected chi connectivity index (χ2v) is 7.21. The minimum Gasteiger partial charge on any atom is -0.243 e. The average molecular weight is 289 g/mol. The highest BCUT2D eigenvalue weighted by molar-refractivity contribution is 7.89. The van der Waals surface area contributed by atoms with Crippen molar-refractivity contribution in [2.45, 2.75) is 37.6 Å². The van der Waals surface area contributed by atoms with Gasteiger partial charge in [-0.3, -0.25) is 0 Å². The Morgan fingerprint density at radius 3 is 2.67 bits per heavy atom. The molecule has 0 N–H and O–H groups in total. The summed E-state index contributed by atoms with van der Waals surface area (Å²) in [6.45, 7) is 4.55. The van der Waals surface area contributed by atoms with E-state index >= 15 is 0 Å². The van der Waals surface area contributed by atoms with E-state index in [4.69, 9.17) is 11.6 Å². The molecule has 2 rings (SSSR count). The number of nitrogens with zero attached hydrogens (tertiary/aromatic N) is 2. The molecule has 0 aromatic carbocycles. The van der Waals surface area contributed by atoms with Gasteiger partial charge in [-0.15, -0.1) is 0 Å². The van der Waals surface area contributed by atoms with Gasteiger partial charge in [0.2, 0.25) is 10.0 Å². The smallest absolute Gasteiger partial charge is 0.243 e. The molecule has 0 unspecified atom stereocenters. The molecule has 1 saturated carbocycles. The number of hydrogen-bond acceptors (Lipinski definition) is 3. The maximum Gasteiger partial charge on any atom is 0.246 e. The molecule has 0 aliphatic heterocycles. The molecule has 1 aliphatic rings. The summed E-state index contributed by atoms with van der Waals surface area (Å²) in [6, 6.07) is 3.24. The molecule has 0 atom stereocenters. The van der Waals surface area contributed by atoms with E-state index in [1.165, 1.54) is 12.3 Å². The second-order valence-electron chi connectivity index (χ2n) is 4.99. The zero-order valence-corrected chi connectivity index (χ0v) is 12.1. The first-order chi connectivity index (χ1) is 8.43. The van der Waals surface area contributed by atoms with Gasteiger partial charge in [-0.1, -0.05) is 25.4 Å². The summed E-state index contributed by atoms with van der Waals surface area (Å²) >= 11 is 5.90. The maximum absolute atomic E-state index is 12.6. The third-order valence-corrected chi connectivity index (χ3v) is 5.17. The van der Waals surface area contributed by atoms with Crippen LogP contribution in [0, 0.1) is 5.92 Å². The zero-order valence-electron chi connectivity index (χ0n) is 10.5. The minimum absolute atomic E-state index is 0.0481. The lowest BCUT2D eigenvalue weighted by Gasteiger charge is -2.23. The number of hydrogen-bond donors (Lipinski definition) is 0. The number of rotatable bonds is 5. The van der Waals surface area contributed by atoms with Crippen molar-refractivity contribution in [2.24, 2.45) is 5.92 Å². The van der Waals surface area contributed by atoms with Crippen LogP contribution in [0.25, 0.3) is 0 Å². The van der Waals surface area contributed by atoms with Crippen molar-refractivity contribution in [3.8, 4) is 0 Å². The van der Waals surface area contributed by atoms with Crippen LogP contribution in [0.1, 0.15) is 26.7 Å². The first-order valence-electron chi connectivity index (χ1n) is 6.05. The number of sulfonamides is 1. The van der Waals surface area contributed by atoms with Gasteiger partial charge in [0.25, 0.3) is 0 Å². The summed E-state index contributed by atoms with van der Waals surface area (Å²) in [5.41, 5.74) is 0. The van der Waals surface area contributed by atoms with Crippen molar-refractivity contribution >= 4 is 21.6 Å². The fourth-order valence-electron chi connectivity index (χ4n) is 1.86. The fraction of sp³-hybridized carbons (Fsp3) is 0.583. The molecule has 0 saturated heterocycles.